The highest BCUT2D eigenvalue weighted by atomic mass is 35.5. The van der Waals surface area contributed by atoms with Crippen LogP contribution in [0.1, 0.15) is 24.2 Å². The molecule has 1 atom stereocenters. The molecule has 1 N–H and O–H groups in total. The highest BCUT2D eigenvalue weighted by Gasteiger charge is 2.09. The molecule has 0 bridgehead atoms. The predicted molar refractivity (Wildman–Crippen MR) is 79.7 cm³/mol. The lowest BCUT2D eigenvalue weighted by Gasteiger charge is -2.16. The van der Waals surface area contributed by atoms with Gasteiger partial charge in [0.2, 0.25) is 0 Å². The molecule has 0 fully saturated rings. The summed E-state index contributed by atoms with van der Waals surface area (Å²) >= 11 is 6.24. The van der Waals surface area contributed by atoms with Crippen molar-refractivity contribution in [2.75, 3.05) is 7.05 Å². The summed E-state index contributed by atoms with van der Waals surface area (Å²) in [6, 6.07) is 16.0. The van der Waals surface area contributed by atoms with Crippen molar-refractivity contribution in [1.29, 1.82) is 0 Å². The number of rotatable bonds is 5. The average Bonchev–Trinajstić information content (AvgIpc) is 2.43. The highest BCUT2D eigenvalue weighted by molar-refractivity contribution is 6.32. The highest BCUT2D eigenvalue weighted by Crippen LogP contribution is 2.29. The quantitative estimate of drug-likeness (QED) is 0.883. The van der Waals surface area contributed by atoms with Gasteiger partial charge in [-0.25, -0.2) is 0 Å². The van der Waals surface area contributed by atoms with Gasteiger partial charge in [-0.15, -0.1) is 0 Å². The molecule has 2 aromatic carbocycles. The van der Waals surface area contributed by atoms with Crippen molar-refractivity contribution in [2.24, 2.45) is 0 Å². The molecular formula is C16H18ClNO. The Morgan fingerprint density at radius 1 is 1.16 bits per heavy atom. The first-order valence-electron chi connectivity index (χ1n) is 6.35. The second kappa shape index (κ2) is 6.60. The molecule has 0 radical (unpaired) electrons. The van der Waals surface area contributed by atoms with E-state index in [1.807, 2.05) is 62.5 Å². The Bertz CT molecular complexity index is 528. The summed E-state index contributed by atoms with van der Waals surface area (Å²) in [7, 11) is 1.91. The largest absolute Gasteiger partial charge is 0.484 e. The summed E-state index contributed by atoms with van der Waals surface area (Å²) in [5.74, 6) is 0.720. The molecule has 2 nitrogen and oxygen atoms in total. The zero-order chi connectivity index (χ0) is 13.7. The third kappa shape index (κ3) is 3.72. The van der Waals surface area contributed by atoms with Crippen LogP contribution in [0.5, 0.6) is 5.75 Å². The molecule has 0 saturated heterocycles. The molecule has 2 rings (SSSR count). The molecular weight excluding hydrogens is 258 g/mol. The Kier molecular flexibility index (Phi) is 4.83. The number of ether oxygens (including phenoxy) is 1. The van der Waals surface area contributed by atoms with E-state index in [2.05, 4.69) is 5.32 Å². The maximum atomic E-state index is 6.24. The van der Waals surface area contributed by atoms with Gasteiger partial charge in [-0.2, -0.15) is 0 Å². The maximum Gasteiger partial charge on any atom is 0.138 e. The van der Waals surface area contributed by atoms with Gasteiger partial charge >= 0.3 is 0 Å². The van der Waals surface area contributed by atoms with Gasteiger partial charge in [-0.05, 0) is 37.2 Å². The molecule has 0 aromatic heterocycles. The van der Waals surface area contributed by atoms with Crippen molar-refractivity contribution in [3.63, 3.8) is 0 Å². The van der Waals surface area contributed by atoms with Crippen LogP contribution in [0.25, 0.3) is 0 Å². The molecule has 1 unspecified atom stereocenters. The summed E-state index contributed by atoms with van der Waals surface area (Å²) in [5, 5.41) is 3.75. The van der Waals surface area contributed by atoms with Gasteiger partial charge in [0.05, 0.1) is 5.02 Å². The molecule has 0 heterocycles. The minimum Gasteiger partial charge on any atom is -0.484 e. The van der Waals surface area contributed by atoms with Crippen LogP contribution in [0.15, 0.2) is 48.5 Å². The number of halogens is 1. The van der Waals surface area contributed by atoms with Crippen LogP contribution in [0, 0.1) is 0 Å². The van der Waals surface area contributed by atoms with Crippen molar-refractivity contribution in [3.05, 3.63) is 64.7 Å². The van der Waals surface area contributed by atoms with Crippen molar-refractivity contribution in [1.82, 2.24) is 5.32 Å². The molecule has 0 aliphatic carbocycles. The first-order chi connectivity index (χ1) is 9.20. The topological polar surface area (TPSA) is 21.3 Å². The molecule has 0 spiro atoms. The summed E-state index contributed by atoms with van der Waals surface area (Å²) in [6.45, 7) is 2.82. The molecule has 19 heavy (non-hydrogen) atoms. The van der Waals surface area contributed by atoms with E-state index in [0.717, 1.165) is 23.4 Å². The minimum absolute atomic E-state index is 0.0196. The second-order valence-corrected chi connectivity index (χ2v) is 4.87. The smallest absolute Gasteiger partial charge is 0.138 e. The van der Waals surface area contributed by atoms with E-state index < -0.39 is 0 Å². The fourth-order valence-electron chi connectivity index (χ4n) is 1.94. The fourth-order valence-corrected chi connectivity index (χ4v) is 2.18. The minimum atomic E-state index is -0.0196. The van der Waals surface area contributed by atoms with Crippen LogP contribution in [0.4, 0.5) is 0 Å². The maximum absolute atomic E-state index is 6.24. The lowest BCUT2D eigenvalue weighted by atomic mass is 10.1. The summed E-state index contributed by atoms with van der Waals surface area (Å²) in [5.41, 5.74) is 2.28. The standard InChI is InChI=1S/C16H18ClNO/c1-12(14-6-4-3-5-7-14)19-16-9-8-13(11-18-2)10-15(16)17/h3-10,12,18H,11H2,1-2H3. The molecule has 2 aromatic rings. The third-order valence-corrected chi connectivity index (χ3v) is 3.25. The van der Waals surface area contributed by atoms with Crippen LogP contribution in [-0.4, -0.2) is 7.05 Å². The molecule has 0 saturated carbocycles. The van der Waals surface area contributed by atoms with E-state index in [-0.39, 0.29) is 6.10 Å². The number of hydrogen-bond acceptors (Lipinski definition) is 2. The Balaban J connectivity index is 2.11. The zero-order valence-corrected chi connectivity index (χ0v) is 11.9. The summed E-state index contributed by atoms with van der Waals surface area (Å²) in [6.07, 6.45) is -0.0196. The average molecular weight is 276 g/mol. The molecule has 0 amide bonds. The van der Waals surface area contributed by atoms with Gasteiger partial charge in [-0.3, -0.25) is 0 Å². The Labute approximate surface area is 119 Å². The molecule has 0 aliphatic heterocycles. The Morgan fingerprint density at radius 2 is 1.89 bits per heavy atom. The normalized spacial score (nSPS) is 12.2. The predicted octanol–water partition coefficient (Wildman–Crippen LogP) is 4.20. The van der Waals surface area contributed by atoms with E-state index in [1.165, 1.54) is 0 Å². The summed E-state index contributed by atoms with van der Waals surface area (Å²) in [4.78, 5) is 0. The monoisotopic (exact) mass is 275 g/mol. The first-order valence-corrected chi connectivity index (χ1v) is 6.73. The number of hydrogen-bond donors (Lipinski definition) is 1. The molecule has 0 aliphatic rings. The van der Waals surface area contributed by atoms with Crippen LogP contribution < -0.4 is 10.1 Å². The first kappa shape index (κ1) is 13.9. The van der Waals surface area contributed by atoms with Gasteiger partial charge in [0.15, 0.2) is 0 Å². The molecule has 100 valence electrons. The van der Waals surface area contributed by atoms with E-state index in [0.29, 0.717) is 5.02 Å². The van der Waals surface area contributed by atoms with E-state index in [9.17, 15) is 0 Å². The second-order valence-electron chi connectivity index (χ2n) is 4.47. The number of benzene rings is 2. The van der Waals surface area contributed by atoms with Crippen molar-refractivity contribution in [3.8, 4) is 5.75 Å². The lowest BCUT2D eigenvalue weighted by Crippen LogP contribution is -2.06. The third-order valence-electron chi connectivity index (χ3n) is 2.95. The van der Waals surface area contributed by atoms with Gasteiger partial charge in [0.1, 0.15) is 11.9 Å². The van der Waals surface area contributed by atoms with Crippen molar-refractivity contribution in [2.45, 2.75) is 19.6 Å². The van der Waals surface area contributed by atoms with Crippen molar-refractivity contribution >= 4 is 11.6 Å². The van der Waals surface area contributed by atoms with Gasteiger partial charge in [0, 0.05) is 6.54 Å². The van der Waals surface area contributed by atoms with Crippen LogP contribution >= 0.6 is 11.6 Å². The van der Waals surface area contributed by atoms with Crippen LogP contribution in [-0.2, 0) is 6.54 Å². The van der Waals surface area contributed by atoms with E-state index in [4.69, 9.17) is 16.3 Å². The van der Waals surface area contributed by atoms with E-state index >= 15 is 0 Å². The summed E-state index contributed by atoms with van der Waals surface area (Å²) < 4.78 is 5.91. The Hall–Kier alpha value is -1.51. The van der Waals surface area contributed by atoms with Gasteiger partial charge in [-0.1, -0.05) is 48.0 Å². The molecule has 3 heteroatoms. The van der Waals surface area contributed by atoms with Gasteiger partial charge in [0.25, 0.3) is 0 Å². The van der Waals surface area contributed by atoms with Gasteiger partial charge < -0.3 is 10.1 Å². The lowest BCUT2D eigenvalue weighted by molar-refractivity contribution is 0.227. The SMILES string of the molecule is CNCc1ccc(OC(C)c2ccccc2)c(Cl)c1. The van der Waals surface area contributed by atoms with E-state index in [1.54, 1.807) is 0 Å². The van der Waals surface area contributed by atoms with Crippen molar-refractivity contribution < 1.29 is 4.74 Å². The number of nitrogens with one attached hydrogen (secondary N) is 1. The van der Waals surface area contributed by atoms with Crippen LogP contribution in [0.3, 0.4) is 0 Å². The van der Waals surface area contributed by atoms with Crippen LogP contribution in [0.2, 0.25) is 5.02 Å². The Morgan fingerprint density at radius 3 is 2.53 bits per heavy atom. The fraction of sp³-hybridized carbons (Fsp3) is 0.250. The zero-order valence-electron chi connectivity index (χ0n) is 11.2.